The number of aliphatic hydroxyl groups is 1. The Morgan fingerprint density at radius 1 is 0.967 bits per heavy atom. The predicted octanol–water partition coefficient (Wildman–Crippen LogP) is 0.312. The molecule has 4 aromatic rings. The van der Waals surface area contributed by atoms with Gasteiger partial charge in [-0.2, -0.15) is 0 Å². The monoisotopic (exact) mass is 423 g/mol. The first-order valence-electron chi connectivity index (χ1n) is 9.80. The number of halogens is 1. The van der Waals surface area contributed by atoms with Crippen LogP contribution >= 0.6 is 0 Å². The van der Waals surface area contributed by atoms with E-state index in [-0.39, 0.29) is 19.0 Å². The van der Waals surface area contributed by atoms with Crippen LogP contribution in [0.2, 0.25) is 0 Å². The van der Waals surface area contributed by atoms with Crippen LogP contribution in [0, 0.1) is 6.92 Å². The molecule has 1 heterocycles. The minimum atomic E-state index is -0.681. The average molecular weight is 424 g/mol. The summed E-state index contributed by atoms with van der Waals surface area (Å²) in [5.74, 6) is 1.36. The molecule has 0 radical (unpaired) electrons. The summed E-state index contributed by atoms with van der Waals surface area (Å²) in [6, 6.07) is 26.1. The van der Waals surface area contributed by atoms with Crippen LogP contribution in [0.15, 0.2) is 78.9 Å². The fourth-order valence-corrected chi connectivity index (χ4v) is 3.53. The van der Waals surface area contributed by atoms with Gasteiger partial charge in [-0.05, 0) is 36.8 Å². The van der Waals surface area contributed by atoms with Crippen LogP contribution in [0.5, 0.6) is 5.75 Å². The Hall–Kier alpha value is -3.02. The number of fused-ring (bicyclic) bond motifs is 1. The van der Waals surface area contributed by atoms with Gasteiger partial charge in [-0.25, -0.2) is 9.13 Å². The number of nitrogen functional groups attached to an aromatic ring is 1. The second-order valence-electron chi connectivity index (χ2n) is 7.31. The van der Waals surface area contributed by atoms with E-state index in [1.165, 1.54) is 11.1 Å². The van der Waals surface area contributed by atoms with Crippen molar-refractivity contribution in [3.8, 4) is 5.75 Å². The van der Waals surface area contributed by atoms with Crippen LogP contribution in [0.4, 0.5) is 5.95 Å². The van der Waals surface area contributed by atoms with Crippen molar-refractivity contribution >= 4 is 17.0 Å². The van der Waals surface area contributed by atoms with E-state index in [9.17, 15) is 5.11 Å². The molecule has 0 aliphatic rings. The molecule has 156 valence electrons. The van der Waals surface area contributed by atoms with Gasteiger partial charge in [-0.1, -0.05) is 60.2 Å². The third kappa shape index (κ3) is 4.75. The van der Waals surface area contributed by atoms with Gasteiger partial charge in [-0.15, -0.1) is 0 Å². The number of imidazole rings is 1. The summed E-state index contributed by atoms with van der Waals surface area (Å²) >= 11 is 0. The van der Waals surface area contributed by atoms with Gasteiger partial charge in [-0.3, -0.25) is 5.73 Å². The minimum Gasteiger partial charge on any atom is -1.00 e. The molecule has 0 amide bonds. The van der Waals surface area contributed by atoms with Gasteiger partial charge in [0.25, 0.3) is 0 Å². The largest absolute Gasteiger partial charge is 1.00 e. The molecule has 1 aromatic heterocycles. The quantitative estimate of drug-likeness (QED) is 0.421. The second-order valence-corrected chi connectivity index (χ2v) is 7.31. The molecule has 0 aliphatic heterocycles. The number of anilines is 1. The molecular weight excluding hydrogens is 398 g/mol. The number of aromatic nitrogens is 2. The minimum absolute atomic E-state index is 0. The summed E-state index contributed by atoms with van der Waals surface area (Å²) in [5, 5.41) is 10.6. The van der Waals surface area contributed by atoms with Crippen molar-refractivity contribution in [3.05, 3.63) is 90.0 Å². The maximum absolute atomic E-state index is 10.6. The first-order valence-corrected chi connectivity index (χ1v) is 9.80. The van der Waals surface area contributed by atoms with Gasteiger partial charge in [0.1, 0.15) is 36.0 Å². The molecular formula is C24H26ClN3O2. The third-order valence-corrected chi connectivity index (χ3v) is 5.06. The molecule has 3 N–H and O–H groups in total. The first kappa shape index (κ1) is 21.7. The van der Waals surface area contributed by atoms with Crippen molar-refractivity contribution in [1.29, 1.82) is 0 Å². The van der Waals surface area contributed by atoms with Gasteiger partial charge in [0, 0.05) is 0 Å². The number of aryl methyl sites for hydroxylation is 1. The van der Waals surface area contributed by atoms with Gasteiger partial charge in [0.05, 0.1) is 6.54 Å². The summed E-state index contributed by atoms with van der Waals surface area (Å²) in [5.41, 5.74) is 10.9. The fourth-order valence-electron chi connectivity index (χ4n) is 3.53. The standard InChI is InChI=1S/C24H25N3O2.ClH/c1-18-11-13-21(14-12-18)29-17-20(28)16-27-23-10-6-5-9-22(23)26(24(27)25)15-19-7-3-2-4-8-19;/h2-14,20,25,28H,15-17H2,1H3;1H. The maximum atomic E-state index is 10.6. The average Bonchev–Trinajstić information content (AvgIpc) is 3.00. The van der Waals surface area contributed by atoms with Crippen LogP contribution in [-0.4, -0.2) is 22.4 Å². The van der Waals surface area contributed by atoms with Crippen molar-refractivity contribution in [2.75, 3.05) is 12.3 Å². The highest BCUT2D eigenvalue weighted by atomic mass is 35.5. The molecule has 0 bridgehead atoms. The van der Waals surface area contributed by atoms with Crippen LogP contribution in [0.3, 0.4) is 0 Å². The zero-order valence-electron chi connectivity index (χ0n) is 16.9. The zero-order valence-corrected chi connectivity index (χ0v) is 17.7. The van der Waals surface area contributed by atoms with Crippen molar-refractivity contribution in [2.24, 2.45) is 0 Å². The van der Waals surface area contributed by atoms with E-state index in [2.05, 4.69) is 22.8 Å². The van der Waals surface area contributed by atoms with Gasteiger partial charge >= 0.3 is 5.95 Å². The number of hydrogen-bond donors (Lipinski definition) is 2. The van der Waals surface area contributed by atoms with E-state index in [0.29, 0.717) is 19.0 Å². The van der Waals surface area contributed by atoms with Crippen LogP contribution in [-0.2, 0) is 13.1 Å². The van der Waals surface area contributed by atoms with E-state index in [4.69, 9.17) is 10.5 Å². The number of para-hydroxylation sites is 2. The SMILES string of the molecule is Cc1ccc(OCC(O)Cn2c(N)[n+](Cc3ccccc3)c3ccccc32)cc1.[Cl-]. The van der Waals surface area contributed by atoms with Crippen LogP contribution in [0.25, 0.3) is 11.0 Å². The summed E-state index contributed by atoms with van der Waals surface area (Å²) in [7, 11) is 0. The van der Waals surface area contributed by atoms with Crippen LogP contribution < -0.4 is 27.4 Å². The normalized spacial score (nSPS) is 11.8. The van der Waals surface area contributed by atoms with Crippen molar-refractivity contribution in [3.63, 3.8) is 0 Å². The van der Waals surface area contributed by atoms with Crippen molar-refractivity contribution in [2.45, 2.75) is 26.1 Å². The summed E-state index contributed by atoms with van der Waals surface area (Å²) in [6.45, 7) is 3.27. The number of rotatable bonds is 7. The third-order valence-electron chi connectivity index (χ3n) is 5.06. The summed E-state index contributed by atoms with van der Waals surface area (Å²) in [4.78, 5) is 0. The summed E-state index contributed by atoms with van der Waals surface area (Å²) < 4.78 is 9.78. The lowest BCUT2D eigenvalue weighted by Gasteiger charge is -2.12. The number of ether oxygens (including phenoxy) is 1. The Balaban J connectivity index is 0.00000256. The Morgan fingerprint density at radius 3 is 2.37 bits per heavy atom. The molecule has 4 rings (SSSR count). The highest BCUT2D eigenvalue weighted by Crippen LogP contribution is 2.18. The molecule has 30 heavy (non-hydrogen) atoms. The number of nitrogens with two attached hydrogens (primary N) is 1. The van der Waals surface area contributed by atoms with E-state index in [1.807, 2.05) is 72.2 Å². The molecule has 5 nitrogen and oxygen atoms in total. The van der Waals surface area contributed by atoms with Gasteiger partial charge < -0.3 is 22.3 Å². The molecule has 1 atom stereocenters. The maximum Gasteiger partial charge on any atom is 0.356 e. The van der Waals surface area contributed by atoms with Gasteiger partial charge in [0.15, 0.2) is 0 Å². The number of hydrogen-bond acceptors (Lipinski definition) is 3. The Kier molecular flexibility index (Phi) is 6.98. The van der Waals surface area contributed by atoms with E-state index in [0.717, 1.165) is 16.8 Å². The highest BCUT2D eigenvalue weighted by Gasteiger charge is 2.23. The Bertz CT molecular complexity index is 1090. The fraction of sp³-hybridized carbons (Fsp3) is 0.208. The zero-order chi connectivity index (χ0) is 20.2. The second kappa shape index (κ2) is 9.65. The molecule has 0 saturated carbocycles. The lowest BCUT2D eigenvalue weighted by molar-refractivity contribution is -0.648. The number of aliphatic hydroxyl groups excluding tert-OH is 1. The Morgan fingerprint density at radius 2 is 1.63 bits per heavy atom. The molecule has 3 aromatic carbocycles. The van der Waals surface area contributed by atoms with Crippen LogP contribution in [0.1, 0.15) is 11.1 Å². The lowest BCUT2D eigenvalue weighted by Crippen LogP contribution is -3.00. The predicted molar refractivity (Wildman–Crippen MR) is 115 cm³/mol. The van der Waals surface area contributed by atoms with E-state index in [1.54, 1.807) is 0 Å². The van der Waals surface area contributed by atoms with E-state index < -0.39 is 6.10 Å². The number of nitrogens with zero attached hydrogens (tertiary/aromatic N) is 2. The molecule has 0 fully saturated rings. The topological polar surface area (TPSA) is 64.3 Å². The summed E-state index contributed by atoms with van der Waals surface area (Å²) in [6.07, 6.45) is -0.681. The molecule has 6 heteroatoms. The first-order chi connectivity index (χ1) is 14.1. The molecule has 1 unspecified atom stereocenters. The van der Waals surface area contributed by atoms with Gasteiger partial charge in [0.2, 0.25) is 0 Å². The highest BCUT2D eigenvalue weighted by molar-refractivity contribution is 5.74. The molecule has 0 spiro atoms. The molecule has 0 aliphatic carbocycles. The number of benzene rings is 3. The van der Waals surface area contributed by atoms with Crippen molar-refractivity contribution < 1.29 is 26.8 Å². The Labute approximate surface area is 182 Å². The lowest BCUT2D eigenvalue weighted by atomic mass is 10.2. The smallest absolute Gasteiger partial charge is 0.356 e. The van der Waals surface area contributed by atoms with E-state index >= 15 is 0 Å². The molecule has 0 saturated heterocycles. The van der Waals surface area contributed by atoms with Crippen molar-refractivity contribution in [1.82, 2.24) is 4.57 Å².